The van der Waals surface area contributed by atoms with Crippen molar-refractivity contribution in [2.24, 2.45) is 0 Å². The molecule has 0 rings (SSSR count). The van der Waals surface area contributed by atoms with Crippen LogP contribution in [0.1, 0.15) is 13.3 Å². The zero-order chi connectivity index (χ0) is 9.56. The Labute approximate surface area is 108 Å². The van der Waals surface area contributed by atoms with E-state index in [9.17, 15) is 4.79 Å². The molecule has 0 aliphatic carbocycles. The molecule has 0 aromatic heterocycles. The van der Waals surface area contributed by atoms with Crippen molar-refractivity contribution in [2.45, 2.75) is 19.4 Å². The summed E-state index contributed by atoms with van der Waals surface area (Å²) in [4.78, 5) is 19.5. The number of ether oxygens (including phenoxy) is 1. The molecule has 0 saturated heterocycles. The summed E-state index contributed by atoms with van der Waals surface area (Å²) >= 11 is 5.35. The van der Waals surface area contributed by atoms with Crippen LogP contribution in [0.5, 0.6) is 0 Å². The van der Waals surface area contributed by atoms with Crippen LogP contribution in [-0.2, 0) is 9.53 Å². The maximum atomic E-state index is 10.8. The van der Waals surface area contributed by atoms with Crippen LogP contribution in [0, 0.1) is 31.1 Å². The normalized spacial score (nSPS) is 9.23. The van der Waals surface area contributed by atoms with Gasteiger partial charge in [0, 0.05) is 36.7 Å². The minimum absolute atomic E-state index is 0. The molecular weight excluding hydrogens is 434 g/mol. The van der Waals surface area contributed by atoms with E-state index in [1.54, 1.807) is 6.92 Å². The van der Waals surface area contributed by atoms with Crippen molar-refractivity contribution in [3.05, 3.63) is 12.2 Å². The number of rotatable bonds is 5. The van der Waals surface area contributed by atoms with Crippen molar-refractivity contribution in [1.29, 1.82) is 0 Å². The fraction of sp³-hybridized carbons (Fsp3) is 0.571. The Kier molecular flexibility index (Phi) is 11.6. The van der Waals surface area contributed by atoms with Gasteiger partial charge in [-0.25, -0.2) is 4.79 Å². The van der Waals surface area contributed by atoms with Crippen LogP contribution in [0.25, 0.3) is 0 Å². The van der Waals surface area contributed by atoms with Crippen LogP contribution in [0.3, 0.4) is 0 Å². The molecule has 0 bridgehead atoms. The predicted octanol–water partition coefficient (Wildman–Crippen LogP) is 1.22. The van der Waals surface area contributed by atoms with Gasteiger partial charge in [0.25, 0.3) is 0 Å². The first-order valence-electron chi connectivity index (χ1n) is 3.57. The summed E-state index contributed by atoms with van der Waals surface area (Å²) in [5.74, 6) is -0.392. The molecule has 73 valence electrons. The van der Waals surface area contributed by atoms with Crippen molar-refractivity contribution < 1.29 is 45.4 Å². The summed E-state index contributed by atoms with van der Waals surface area (Å²) in [7, 11) is -1.69. The van der Waals surface area contributed by atoms with Crippen LogP contribution in [-0.4, -0.2) is 25.7 Å². The van der Waals surface area contributed by atoms with E-state index in [1.165, 1.54) is 0 Å². The van der Waals surface area contributed by atoms with Gasteiger partial charge in [-0.1, -0.05) is 6.58 Å². The molecule has 0 aliphatic heterocycles. The maximum absolute atomic E-state index is 10.8. The van der Waals surface area contributed by atoms with Crippen molar-refractivity contribution in [1.82, 2.24) is 0 Å². The largest absolute Gasteiger partial charge is 0.462 e. The smallest absolute Gasteiger partial charge is 0.333 e. The third kappa shape index (κ3) is 10.7. The van der Waals surface area contributed by atoms with Gasteiger partial charge in [0.05, 0.1) is 6.61 Å². The fourth-order valence-corrected chi connectivity index (χ4v) is 1.34. The first-order valence-corrected chi connectivity index (χ1v) is 6.23. The number of hydrogen-bond donors (Lipinski definition) is 1. The SMILES string of the molecule is C=C(C)C(=O)OCCC[Si](O)Cl.[U]. The predicted molar refractivity (Wildman–Crippen MR) is 49.0 cm³/mol. The Morgan fingerprint density at radius 1 is 1.69 bits per heavy atom. The molecule has 1 radical (unpaired) electrons. The Morgan fingerprint density at radius 2 is 2.23 bits per heavy atom. The average Bonchev–Trinajstić information content (AvgIpc) is 1.97. The van der Waals surface area contributed by atoms with Gasteiger partial charge in [0.1, 0.15) is 0 Å². The Bertz CT molecular complexity index is 175. The average molecular weight is 446 g/mol. The van der Waals surface area contributed by atoms with Gasteiger partial charge in [-0.15, -0.1) is 11.1 Å². The van der Waals surface area contributed by atoms with Gasteiger partial charge < -0.3 is 9.53 Å². The van der Waals surface area contributed by atoms with Crippen molar-refractivity contribution in [3.63, 3.8) is 0 Å². The Balaban J connectivity index is 0. The zero-order valence-electron chi connectivity index (χ0n) is 7.47. The van der Waals surface area contributed by atoms with E-state index in [4.69, 9.17) is 20.6 Å². The second kappa shape index (κ2) is 9.29. The first-order chi connectivity index (χ1) is 5.54. The third-order valence-corrected chi connectivity index (χ3v) is 2.44. The maximum Gasteiger partial charge on any atom is 0.333 e. The molecule has 6 heteroatoms. The summed E-state index contributed by atoms with van der Waals surface area (Å²) in [6.45, 7) is 5.31. The van der Waals surface area contributed by atoms with Crippen molar-refractivity contribution >= 4 is 25.4 Å². The van der Waals surface area contributed by atoms with E-state index < -0.39 is 14.3 Å². The molecule has 0 atom stereocenters. The van der Waals surface area contributed by atoms with Crippen LogP contribution in [0.2, 0.25) is 6.04 Å². The van der Waals surface area contributed by atoms with Crippen molar-refractivity contribution in [3.8, 4) is 0 Å². The van der Waals surface area contributed by atoms with E-state index in [-0.39, 0.29) is 31.1 Å². The molecular formula is C7H12ClO3SiU. The summed E-state index contributed by atoms with van der Waals surface area (Å²) in [5, 5.41) is 0. The quantitative estimate of drug-likeness (QED) is 0.228. The standard InChI is InChI=1S/C7H12ClO3Si.U/c1-6(2)7(9)11-4-3-5-12(8)10;/h10H,1,3-5H2,2H3;. The van der Waals surface area contributed by atoms with Crippen LogP contribution in [0.4, 0.5) is 0 Å². The van der Waals surface area contributed by atoms with E-state index in [0.29, 0.717) is 24.6 Å². The molecule has 0 saturated carbocycles. The van der Waals surface area contributed by atoms with Crippen LogP contribution in [0.15, 0.2) is 12.2 Å². The second-order valence-corrected chi connectivity index (χ2v) is 4.96. The molecule has 0 fully saturated rings. The zero-order valence-corrected chi connectivity index (χ0v) is 13.4. The Hall–Kier alpha value is 0.729. The van der Waals surface area contributed by atoms with Gasteiger partial charge >= 0.3 is 14.3 Å². The summed E-state index contributed by atoms with van der Waals surface area (Å²) in [6.07, 6.45) is 0.604. The number of carbonyl (C=O) groups excluding carboxylic acids is 1. The molecule has 3 nitrogen and oxygen atoms in total. The fourth-order valence-electron chi connectivity index (χ4n) is 0.506. The molecule has 0 aliphatic rings. The monoisotopic (exact) mass is 445 g/mol. The summed E-state index contributed by atoms with van der Waals surface area (Å²) < 4.78 is 4.76. The van der Waals surface area contributed by atoms with Gasteiger partial charge in [-0.2, -0.15) is 0 Å². The van der Waals surface area contributed by atoms with E-state index in [1.807, 2.05) is 0 Å². The molecule has 0 amide bonds. The summed E-state index contributed by atoms with van der Waals surface area (Å²) in [6, 6.07) is 0.524. The molecule has 0 unspecified atom stereocenters. The van der Waals surface area contributed by atoms with Gasteiger partial charge in [0.15, 0.2) is 0 Å². The van der Waals surface area contributed by atoms with Gasteiger partial charge in [-0.05, 0) is 19.4 Å². The molecule has 0 aromatic carbocycles. The van der Waals surface area contributed by atoms with Gasteiger partial charge in [0.2, 0.25) is 0 Å². The van der Waals surface area contributed by atoms with Gasteiger partial charge in [-0.3, -0.25) is 0 Å². The first kappa shape index (κ1) is 16.2. The number of halogens is 1. The number of hydrogen-bond acceptors (Lipinski definition) is 3. The van der Waals surface area contributed by atoms with Crippen LogP contribution >= 0.6 is 11.1 Å². The Morgan fingerprint density at radius 3 is 2.62 bits per heavy atom. The van der Waals surface area contributed by atoms with E-state index in [2.05, 4.69) is 6.58 Å². The number of carbonyl (C=O) groups is 1. The summed E-state index contributed by atoms with van der Waals surface area (Å²) in [5.41, 5.74) is 0.385. The molecule has 0 aromatic rings. The molecule has 0 heterocycles. The third-order valence-electron chi connectivity index (χ3n) is 1.11. The minimum atomic E-state index is -1.69. The minimum Gasteiger partial charge on any atom is -0.462 e. The molecule has 13 heavy (non-hydrogen) atoms. The number of esters is 1. The van der Waals surface area contributed by atoms with E-state index in [0.717, 1.165) is 0 Å². The molecule has 0 spiro atoms. The molecule has 1 N–H and O–H groups in total. The second-order valence-electron chi connectivity index (χ2n) is 2.40. The topological polar surface area (TPSA) is 46.5 Å². The van der Waals surface area contributed by atoms with E-state index >= 15 is 0 Å². The van der Waals surface area contributed by atoms with Crippen molar-refractivity contribution in [2.75, 3.05) is 6.61 Å². The van der Waals surface area contributed by atoms with Crippen LogP contribution < -0.4 is 0 Å².